The Morgan fingerprint density at radius 3 is 2.57 bits per heavy atom. The third-order valence-corrected chi connectivity index (χ3v) is 5.87. The lowest BCUT2D eigenvalue weighted by molar-refractivity contribution is 0.0964. The van der Waals surface area contributed by atoms with Gasteiger partial charge in [0.15, 0.2) is 0 Å². The average Bonchev–Trinajstić information content (AvgIpc) is 3.31. The van der Waals surface area contributed by atoms with Crippen molar-refractivity contribution >= 4 is 39.1 Å². The van der Waals surface area contributed by atoms with Gasteiger partial charge < -0.3 is 10.6 Å². The first-order chi connectivity index (χ1) is 14.5. The molecule has 0 radical (unpaired) electrons. The SMILES string of the molecule is CNC(=O)c1ccccc1NC(=O)c1cc2c(C)nn(Cc3ccc(F)cc3)c2s1. The molecule has 0 saturated heterocycles. The summed E-state index contributed by atoms with van der Waals surface area (Å²) in [6, 6.07) is 14.9. The number of nitrogens with one attached hydrogen (secondary N) is 2. The highest BCUT2D eigenvalue weighted by Crippen LogP contribution is 2.30. The van der Waals surface area contributed by atoms with Crippen LogP contribution in [-0.4, -0.2) is 28.6 Å². The molecule has 2 aromatic heterocycles. The van der Waals surface area contributed by atoms with Gasteiger partial charge in [0, 0.05) is 12.4 Å². The Morgan fingerprint density at radius 2 is 1.83 bits per heavy atom. The number of aromatic nitrogens is 2. The maximum Gasteiger partial charge on any atom is 0.265 e. The van der Waals surface area contributed by atoms with Gasteiger partial charge in [-0.05, 0) is 42.8 Å². The first-order valence-electron chi connectivity index (χ1n) is 9.30. The molecule has 152 valence electrons. The normalized spacial score (nSPS) is 10.9. The lowest BCUT2D eigenvalue weighted by atomic mass is 10.1. The van der Waals surface area contributed by atoms with Crippen LogP contribution in [0.3, 0.4) is 0 Å². The molecule has 2 aromatic carbocycles. The summed E-state index contributed by atoms with van der Waals surface area (Å²) < 4.78 is 15.0. The first kappa shape index (κ1) is 19.8. The fraction of sp³-hybridized carbons (Fsp3) is 0.136. The number of halogens is 1. The molecule has 4 rings (SSSR count). The van der Waals surface area contributed by atoms with Crippen LogP contribution in [0, 0.1) is 12.7 Å². The number of benzene rings is 2. The summed E-state index contributed by atoms with van der Waals surface area (Å²) in [6.45, 7) is 2.37. The van der Waals surface area contributed by atoms with Crippen LogP contribution in [0.1, 0.15) is 31.3 Å². The van der Waals surface area contributed by atoms with E-state index in [1.165, 1.54) is 23.5 Å². The van der Waals surface area contributed by atoms with E-state index in [-0.39, 0.29) is 17.6 Å². The van der Waals surface area contributed by atoms with Crippen LogP contribution in [0.15, 0.2) is 54.6 Å². The van der Waals surface area contributed by atoms with Crippen molar-refractivity contribution in [3.05, 3.63) is 82.1 Å². The van der Waals surface area contributed by atoms with E-state index in [0.29, 0.717) is 22.7 Å². The molecule has 8 heteroatoms. The highest BCUT2D eigenvalue weighted by atomic mass is 32.1. The Kier molecular flexibility index (Phi) is 5.33. The Morgan fingerprint density at radius 1 is 1.10 bits per heavy atom. The number of nitrogens with zero attached hydrogens (tertiary/aromatic N) is 2. The molecule has 0 aliphatic rings. The quantitative estimate of drug-likeness (QED) is 0.506. The van der Waals surface area contributed by atoms with Crippen molar-refractivity contribution < 1.29 is 14.0 Å². The molecular formula is C22H19FN4O2S. The van der Waals surface area contributed by atoms with Crippen LogP contribution < -0.4 is 10.6 Å². The van der Waals surface area contributed by atoms with E-state index >= 15 is 0 Å². The fourth-order valence-corrected chi connectivity index (χ4v) is 4.26. The molecule has 0 spiro atoms. The number of hydrogen-bond acceptors (Lipinski definition) is 4. The highest BCUT2D eigenvalue weighted by molar-refractivity contribution is 7.20. The van der Waals surface area contributed by atoms with E-state index < -0.39 is 0 Å². The summed E-state index contributed by atoms with van der Waals surface area (Å²) in [7, 11) is 1.54. The summed E-state index contributed by atoms with van der Waals surface area (Å²) in [4.78, 5) is 26.3. The molecule has 4 aromatic rings. The van der Waals surface area contributed by atoms with Crippen LogP contribution in [0.25, 0.3) is 10.2 Å². The van der Waals surface area contributed by atoms with Crippen molar-refractivity contribution in [2.75, 3.05) is 12.4 Å². The second kappa shape index (κ2) is 8.08. The first-order valence-corrected chi connectivity index (χ1v) is 10.1. The number of hydrogen-bond donors (Lipinski definition) is 2. The van der Waals surface area contributed by atoms with Crippen molar-refractivity contribution in [2.24, 2.45) is 0 Å². The van der Waals surface area contributed by atoms with Crippen molar-refractivity contribution in [2.45, 2.75) is 13.5 Å². The number of carbonyl (C=O) groups excluding carboxylic acids is 2. The number of para-hydroxylation sites is 1. The molecule has 2 amide bonds. The summed E-state index contributed by atoms with van der Waals surface area (Å²) in [5.74, 6) is -0.846. The maximum atomic E-state index is 13.2. The van der Waals surface area contributed by atoms with Gasteiger partial charge in [-0.1, -0.05) is 24.3 Å². The largest absolute Gasteiger partial charge is 0.355 e. The Balaban J connectivity index is 1.62. The molecule has 0 aliphatic heterocycles. The van der Waals surface area contributed by atoms with Crippen molar-refractivity contribution in [3.8, 4) is 0 Å². The summed E-state index contributed by atoms with van der Waals surface area (Å²) in [6.07, 6.45) is 0. The van der Waals surface area contributed by atoms with Crippen molar-refractivity contribution in [1.29, 1.82) is 0 Å². The number of thiophene rings is 1. The van der Waals surface area contributed by atoms with Gasteiger partial charge in [0.25, 0.3) is 11.8 Å². The summed E-state index contributed by atoms with van der Waals surface area (Å²) >= 11 is 1.33. The van der Waals surface area contributed by atoms with E-state index in [2.05, 4.69) is 15.7 Å². The Bertz CT molecular complexity index is 1240. The highest BCUT2D eigenvalue weighted by Gasteiger charge is 2.18. The topological polar surface area (TPSA) is 76.0 Å². The monoisotopic (exact) mass is 422 g/mol. The number of fused-ring (bicyclic) bond motifs is 1. The molecule has 2 heterocycles. The van der Waals surface area contributed by atoms with Crippen LogP contribution in [0.2, 0.25) is 0 Å². The molecule has 0 saturated carbocycles. The number of carbonyl (C=O) groups is 2. The van der Waals surface area contributed by atoms with E-state index in [1.54, 1.807) is 49.5 Å². The van der Waals surface area contributed by atoms with E-state index in [9.17, 15) is 14.0 Å². The lowest BCUT2D eigenvalue weighted by Gasteiger charge is -2.09. The average molecular weight is 422 g/mol. The van der Waals surface area contributed by atoms with Gasteiger partial charge in [-0.3, -0.25) is 14.3 Å². The van der Waals surface area contributed by atoms with Crippen LogP contribution in [-0.2, 0) is 6.54 Å². The van der Waals surface area contributed by atoms with Gasteiger partial charge >= 0.3 is 0 Å². The van der Waals surface area contributed by atoms with Gasteiger partial charge in [0.1, 0.15) is 10.6 Å². The van der Waals surface area contributed by atoms with E-state index in [4.69, 9.17) is 0 Å². The third kappa shape index (κ3) is 3.81. The predicted molar refractivity (Wildman–Crippen MR) is 116 cm³/mol. The molecule has 0 atom stereocenters. The second-order valence-electron chi connectivity index (χ2n) is 6.78. The summed E-state index contributed by atoms with van der Waals surface area (Å²) in [5.41, 5.74) is 2.57. The van der Waals surface area contributed by atoms with Crippen LogP contribution in [0.5, 0.6) is 0 Å². The number of rotatable bonds is 5. The lowest BCUT2D eigenvalue weighted by Crippen LogP contribution is -2.21. The molecule has 30 heavy (non-hydrogen) atoms. The smallest absolute Gasteiger partial charge is 0.265 e. The minimum Gasteiger partial charge on any atom is -0.355 e. The molecule has 6 nitrogen and oxygen atoms in total. The predicted octanol–water partition coefficient (Wildman–Crippen LogP) is 4.21. The molecule has 0 unspecified atom stereocenters. The Hall–Kier alpha value is -3.52. The number of amides is 2. The number of aryl methyl sites for hydroxylation is 1. The molecular weight excluding hydrogens is 403 g/mol. The zero-order valence-corrected chi connectivity index (χ0v) is 17.2. The van der Waals surface area contributed by atoms with Gasteiger partial charge in [0.05, 0.1) is 28.4 Å². The molecule has 0 bridgehead atoms. The third-order valence-electron chi connectivity index (χ3n) is 4.72. The maximum absolute atomic E-state index is 13.2. The van der Waals surface area contributed by atoms with Crippen molar-refractivity contribution in [1.82, 2.24) is 15.1 Å². The molecule has 2 N–H and O–H groups in total. The zero-order chi connectivity index (χ0) is 21.3. The zero-order valence-electron chi connectivity index (χ0n) is 16.4. The Labute approximate surface area is 176 Å². The summed E-state index contributed by atoms with van der Waals surface area (Å²) in [5, 5.41) is 10.8. The minimum atomic E-state index is -0.291. The second-order valence-corrected chi connectivity index (χ2v) is 7.81. The van der Waals surface area contributed by atoms with Gasteiger partial charge in [-0.15, -0.1) is 11.3 Å². The van der Waals surface area contributed by atoms with Crippen LogP contribution >= 0.6 is 11.3 Å². The van der Waals surface area contributed by atoms with E-state index in [0.717, 1.165) is 21.5 Å². The minimum absolute atomic E-state index is 0.270. The van der Waals surface area contributed by atoms with E-state index in [1.807, 2.05) is 11.6 Å². The number of anilines is 1. The van der Waals surface area contributed by atoms with Gasteiger partial charge in [-0.2, -0.15) is 5.10 Å². The fourth-order valence-electron chi connectivity index (χ4n) is 3.20. The van der Waals surface area contributed by atoms with Gasteiger partial charge in [-0.25, -0.2) is 4.39 Å². The van der Waals surface area contributed by atoms with Crippen LogP contribution in [0.4, 0.5) is 10.1 Å². The van der Waals surface area contributed by atoms with Gasteiger partial charge in [0.2, 0.25) is 0 Å². The van der Waals surface area contributed by atoms with Crippen molar-refractivity contribution in [3.63, 3.8) is 0 Å². The standard InChI is InChI=1S/C22H19FN4O2S/c1-13-17-11-19(21(29)25-18-6-4-3-5-16(18)20(28)24-2)30-22(17)27(26-13)12-14-7-9-15(23)10-8-14/h3-11H,12H2,1-2H3,(H,24,28)(H,25,29). The molecule has 0 fully saturated rings. The molecule has 0 aliphatic carbocycles.